The van der Waals surface area contributed by atoms with Crippen molar-refractivity contribution in [2.45, 2.75) is 50.4 Å². The van der Waals surface area contributed by atoms with Crippen LogP contribution in [0.4, 0.5) is 23.8 Å². The Labute approximate surface area is 180 Å². The van der Waals surface area contributed by atoms with Crippen molar-refractivity contribution >= 4 is 39.4 Å². The number of aromatic nitrogens is 1. The Balaban J connectivity index is 1.51. The molecule has 11 heteroatoms. The van der Waals surface area contributed by atoms with Crippen LogP contribution in [0.5, 0.6) is 0 Å². The topological polar surface area (TPSA) is 83.6 Å². The third-order valence-corrected chi connectivity index (χ3v) is 6.76. The van der Waals surface area contributed by atoms with Gasteiger partial charge in [0, 0.05) is 44.4 Å². The number of ether oxygens (including phenoxy) is 1. The van der Waals surface area contributed by atoms with Gasteiger partial charge in [-0.05, 0) is 25.3 Å². The van der Waals surface area contributed by atoms with Crippen molar-refractivity contribution in [2.75, 3.05) is 25.0 Å². The quantitative estimate of drug-likeness (QED) is 0.729. The summed E-state index contributed by atoms with van der Waals surface area (Å²) in [6.45, 7) is 0.799. The summed E-state index contributed by atoms with van der Waals surface area (Å²) < 4.78 is 46.5. The summed E-state index contributed by atoms with van der Waals surface area (Å²) >= 11 is 0.859. The van der Waals surface area contributed by atoms with Gasteiger partial charge in [0.2, 0.25) is 0 Å². The number of anilines is 1. The Bertz CT molecular complexity index is 982. The molecule has 168 valence electrons. The van der Waals surface area contributed by atoms with E-state index in [1.54, 1.807) is 4.90 Å². The number of fused-ring (bicyclic) bond motifs is 1. The largest absolute Gasteiger partial charge is 0.446 e. The minimum Gasteiger partial charge on any atom is -0.446 e. The van der Waals surface area contributed by atoms with Gasteiger partial charge in [0.15, 0.2) is 0 Å². The Hall–Kier alpha value is -2.56. The van der Waals surface area contributed by atoms with Crippen molar-refractivity contribution in [3.05, 3.63) is 22.6 Å². The molecule has 2 fully saturated rings. The molecule has 1 aliphatic heterocycles. The van der Waals surface area contributed by atoms with Gasteiger partial charge in [-0.2, -0.15) is 13.2 Å². The minimum absolute atomic E-state index is 0.0485. The lowest BCUT2D eigenvalue weighted by atomic mass is 9.93. The average Bonchev–Trinajstić information content (AvgIpc) is 3.13. The van der Waals surface area contributed by atoms with Gasteiger partial charge in [0.25, 0.3) is 5.91 Å². The van der Waals surface area contributed by atoms with E-state index in [4.69, 9.17) is 4.74 Å². The monoisotopic (exact) mass is 456 g/mol. The molecule has 4 rings (SSSR count). The van der Waals surface area contributed by atoms with Gasteiger partial charge in [-0.3, -0.25) is 4.79 Å². The molecular weight excluding hydrogens is 433 g/mol. The van der Waals surface area contributed by atoms with Crippen LogP contribution >= 0.6 is 11.3 Å². The van der Waals surface area contributed by atoms with Gasteiger partial charge in [-0.15, -0.1) is 11.3 Å². The van der Waals surface area contributed by atoms with Gasteiger partial charge in [0.05, 0.1) is 21.3 Å². The molecular formula is C20H23F3N4O3S. The first-order valence-corrected chi connectivity index (χ1v) is 11.1. The zero-order valence-electron chi connectivity index (χ0n) is 16.9. The Morgan fingerprint density at radius 1 is 1.23 bits per heavy atom. The normalized spacial score (nSPS) is 18.0. The molecule has 0 aromatic carbocycles. The third kappa shape index (κ3) is 4.56. The SMILES string of the molecule is CNC(=O)c1csc2c(C(F)(F)F)cc(N3CCC(OC(=O)NC4CCC4)CC3)nc12. The van der Waals surface area contributed by atoms with Crippen molar-refractivity contribution < 1.29 is 27.5 Å². The maximum absolute atomic E-state index is 13.7. The predicted molar refractivity (Wildman–Crippen MR) is 111 cm³/mol. The Morgan fingerprint density at radius 2 is 1.94 bits per heavy atom. The molecule has 0 bridgehead atoms. The fourth-order valence-corrected chi connectivity index (χ4v) is 4.79. The van der Waals surface area contributed by atoms with E-state index in [0.29, 0.717) is 25.9 Å². The second-order valence-corrected chi connectivity index (χ2v) is 8.68. The highest BCUT2D eigenvalue weighted by Crippen LogP contribution is 2.40. The number of thiophene rings is 1. The van der Waals surface area contributed by atoms with Crippen LogP contribution in [0, 0.1) is 0 Å². The van der Waals surface area contributed by atoms with E-state index in [1.165, 1.54) is 12.4 Å². The van der Waals surface area contributed by atoms with Crippen LogP contribution in [0.3, 0.4) is 0 Å². The number of alkyl carbamates (subject to hydrolysis) is 1. The zero-order chi connectivity index (χ0) is 22.2. The van der Waals surface area contributed by atoms with E-state index < -0.39 is 23.7 Å². The molecule has 2 aromatic heterocycles. The number of carbonyl (C=O) groups excluding carboxylic acids is 2. The number of pyridine rings is 1. The van der Waals surface area contributed by atoms with Crippen molar-refractivity contribution in [3.8, 4) is 0 Å². The number of hydrogen-bond acceptors (Lipinski definition) is 6. The summed E-state index contributed by atoms with van der Waals surface area (Å²) in [4.78, 5) is 30.2. The summed E-state index contributed by atoms with van der Waals surface area (Å²) in [6.07, 6.45) is -1.28. The van der Waals surface area contributed by atoms with Crippen LogP contribution in [0.1, 0.15) is 48.0 Å². The summed E-state index contributed by atoms with van der Waals surface area (Å²) in [6, 6.07) is 1.22. The van der Waals surface area contributed by atoms with Gasteiger partial charge < -0.3 is 20.3 Å². The third-order valence-electron chi connectivity index (χ3n) is 5.75. The van der Waals surface area contributed by atoms with Crippen molar-refractivity contribution in [1.29, 1.82) is 0 Å². The summed E-state index contributed by atoms with van der Waals surface area (Å²) in [5.41, 5.74) is -0.626. The number of piperidine rings is 1. The molecule has 0 atom stereocenters. The number of amides is 2. The second-order valence-electron chi connectivity index (χ2n) is 7.80. The number of hydrogen-bond donors (Lipinski definition) is 2. The Kier molecular flexibility index (Phi) is 5.96. The fourth-order valence-electron chi connectivity index (χ4n) is 3.77. The lowest BCUT2D eigenvalue weighted by Gasteiger charge is -2.33. The summed E-state index contributed by atoms with van der Waals surface area (Å²) in [5.74, 6) is -0.311. The molecule has 0 spiro atoms. The average molecular weight is 456 g/mol. The molecule has 1 saturated heterocycles. The summed E-state index contributed by atoms with van der Waals surface area (Å²) in [5, 5.41) is 6.66. The molecule has 2 aromatic rings. The number of alkyl halides is 3. The van der Waals surface area contributed by atoms with Gasteiger partial charge in [-0.25, -0.2) is 9.78 Å². The maximum Gasteiger partial charge on any atom is 0.417 e. The fraction of sp³-hybridized carbons (Fsp3) is 0.550. The number of rotatable bonds is 4. The van der Waals surface area contributed by atoms with Gasteiger partial charge in [0.1, 0.15) is 11.9 Å². The van der Waals surface area contributed by atoms with Crippen LogP contribution in [0.2, 0.25) is 0 Å². The van der Waals surface area contributed by atoms with Crippen molar-refractivity contribution in [2.24, 2.45) is 0 Å². The van der Waals surface area contributed by atoms with E-state index in [1.807, 2.05) is 0 Å². The van der Waals surface area contributed by atoms with E-state index in [0.717, 1.165) is 36.7 Å². The lowest BCUT2D eigenvalue weighted by Crippen LogP contribution is -2.44. The maximum atomic E-state index is 13.7. The molecule has 0 radical (unpaired) electrons. The molecule has 2 N–H and O–H groups in total. The second kappa shape index (κ2) is 8.52. The first-order chi connectivity index (χ1) is 14.8. The van der Waals surface area contributed by atoms with E-state index in [2.05, 4.69) is 15.6 Å². The van der Waals surface area contributed by atoms with Crippen LogP contribution in [0.15, 0.2) is 11.4 Å². The highest BCUT2D eigenvalue weighted by molar-refractivity contribution is 7.17. The van der Waals surface area contributed by atoms with Gasteiger partial charge >= 0.3 is 12.3 Å². The van der Waals surface area contributed by atoms with E-state index in [-0.39, 0.29) is 33.7 Å². The van der Waals surface area contributed by atoms with Crippen molar-refractivity contribution in [3.63, 3.8) is 0 Å². The number of carbonyl (C=O) groups is 2. The predicted octanol–water partition coefficient (Wildman–Crippen LogP) is 3.92. The molecule has 1 saturated carbocycles. The standard InChI is InChI=1S/C20H23F3N4O3S/c1-24-18(28)13-10-31-17-14(20(21,22)23)9-15(26-16(13)17)27-7-5-12(6-8-27)30-19(29)25-11-3-2-4-11/h9-12H,2-8H2,1H3,(H,24,28)(H,25,29). The molecule has 2 aliphatic rings. The minimum atomic E-state index is -4.57. The highest BCUT2D eigenvalue weighted by Gasteiger charge is 2.36. The smallest absolute Gasteiger partial charge is 0.417 e. The molecule has 3 heterocycles. The van der Waals surface area contributed by atoms with Crippen LogP contribution in [0.25, 0.3) is 10.2 Å². The zero-order valence-corrected chi connectivity index (χ0v) is 17.7. The molecule has 31 heavy (non-hydrogen) atoms. The first kappa shape index (κ1) is 21.7. The highest BCUT2D eigenvalue weighted by atomic mass is 32.1. The Morgan fingerprint density at radius 3 is 2.52 bits per heavy atom. The molecule has 1 aliphatic carbocycles. The van der Waals surface area contributed by atoms with Crippen LogP contribution in [-0.2, 0) is 10.9 Å². The van der Waals surface area contributed by atoms with E-state index in [9.17, 15) is 22.8 Å². The molecule has 7 nitrogen and oxygen atoms in total. The van der Waals surface area contributed by atoms with Gasteiger partial charge in [-0.1, -0.05) is 0 Å². The van der Waals surface area contributed by atoms with Crippen LogP contribution < -0.4 is 15.5 Å². The molecule has 2 amide bonds. The van der Waals surface area contributed by atoms with Crippen molar-refractivity contribution in [1.82, 2.24) is 15.6 Å². The number of halogens is 3. The first-order valence-electron chi connectivity index (χ1n) is 10.2. The van der Waals surface area contributed by atoms with E-state index >= 15 is 0 Å². The summed E-state index contributed by atoms with van der Waals surface area (Å²) in [7, 11) is 1.42. The lowest BCUT2D eigenvalue weighted by molar-refractivity contribution is -0.136. The molecule has 0 unspecified atom stereocenters. The van der Waals surface area contributed by atoms with Crippen LogP contribution in [-0.4, -0.2) is 49.3 Å². The number of nitrogens with zero attached hydrogens (tertiary/aromatic N) is 2. The number of nitrogens with one attached hydrogen (secondary N) is 2.